The lowest BCUT2D eigenvalue weighted by molar-refractivity contribution is 0.0270. The van der Waals surface area contributed by atoms with Gasteiger partial charge in [0.15, 0.2) is 0 Å². The molecule has 0 spiro atoms. The molecule has 0 radical (unpaired) electrons. The van der Waals surface area contributed by atoms with Gasteiger partial charge in [-0.3, -0.25) is 4.98 Å². The zero-order valence-electron chi connectivity index (χ0n) is 13.1. The molecule has 0 unspecified atom stereocenters. The van der Waals surface area contributed by atoms with Crippen molar-refractivity contribution in [1.82, 2.24) is 9.88 Å². The molecule has 1 aromatic rings. The summed E-state index contributed by atoms with van der Waals surface area (Å²) in [6, 6.07) is 1.94. The summed E-state index contributed by atoms with van der Waals surface area (Å²) in [5.74, 6) is 0. The van der Waals surface area contributed by atoms with Crippen LogP contribution in [0.15, 0.2) is 18.3 Å². The fourth-order valence-corrected chi connectivity index (χ4v) is 2.15. The Hall–Kier alpha value is -2.04. The van der Waals surface area contributed by atoms with Gasteiger partial charge < -0.3 is 15.4 Å². The number of nitrogens with zero attached hydrogens (tertiary/aromatic N) is 2. The van der Waals surface area contributed by atoms with Crippen molar-refractivity contribution in [2.24, 2.45) is 0 Å². The Bertz CT molecular complexity index is 573. The molecule has 5 heteroatoms. The maximum absolute atomic E-state index is 12.0. The number of hydrogen-bond acceptors (Lipinski definition) is 4. The minimum absolute atomic E-state index is 0.264. The number of carbonyl (C=O) groups is 1. The highest BCUT2D eigenvalue weighted by Crippen LogP contribution is 2.25. The highest BCUT2D eigenvalue weighted by Gasteiger charge is 2.23. The predicted molar refractivity (Wildman–Crippen MR) is 83.8 cm³/mol. The van der Waals surface area contributed by atoms with Crippen LogP contribution in [0.1, 0.15) is 38.4 Å². The van der Waals surface area contributed by atoms with E-state index in [9.17, 15) is 4.79 Å². The minimum atomic E-state index is -0.462. The van der Waals surface area contributed by atoms with E-state index in [-0.39, 0.29) is 6.09 Å². The molecule has 0 atom stereocenters. The maximum Gasteiger partial charge on any atom is 0.410 e. The number of amides is 1. The van der Waals surface area contributed by atoms with Crippen LogP contribution in [-0.2, 0) is 4.74 Å². The summed E-state index contributed by atoms with van der Waals surface area (Å²) in [5, 5.41) is 0. The van der Waals surface area contributed by atoms with Gasteiger partial charge in [0.2, 0.25) is 0 Å². The number of rotatable bonds is 1. The Labute approximate surface area is 125 Å². The SMILES string of the molecule is Cc1ncc(C2=CCN(C(=O)OC(C)(C)C)CC2)cc1N. The molecule has 114 valence electrons. The van der Waals surface area contributed by atoms with Crippen molar-refractivity contribution in [3.8, 4) is 0 Å². The zero-order valence-corrected chi connectivity index (χ0v) is 13.1. The van der Waals surface area contributed by atoms with E-state index in [0.29, 0.717) is 18.8 Å². The molecule has 1 aliphatic rings. The summed E-state index contributed by atoms with van der Waals surface area (Å²) in [7, 11) is 0. The van der Waals surface area contributed by atoms with Gasteiger partial charge in [-0.15, -0.1) is 0 Å². The quantitative estimate of drug-likeness (QED) is 0.863. The van der Waals surface area contributed by atoms with Crippen LogP contribution in [0.4, 0.5) is 10.5 Å². The maximum atomic E-state index is 12.0. The lowest BCUT2D eigenvalue weighted by atomic mass is 10.0. The molecule has 0 saturated heterocycles. The van der Waals surface area contributed by atoms with Crippen molar-refractivity contribution in [3.05, 3.63) is 29.6 Å². The van der Waals surface area contributed by atoms with Crippen LogP contribution in [-0.4, -0.2) is 34.7 Å². The molecule has 2 heterocycles. The normalized spacial score (nSPS) is 15.6. The second kappa shape index (κ2) is 5.76. The monoisotopic (exact) mass is 289 g/mol. The number of hydrogen-bond donors (Lipinski definition) is 1. The molecule has 1 aliphatic heterocycles. The molecule has 2 rings (SSSR count). The van der Waals surface area contributed by atoms with Gasteiger partial charge in [0.05, 0.1) is 11.4 Å². The molecule has 2 N–H and O–H groups in total. The van der Waals surface area contributed by atoms with E-state index < -0.39 is 5.60 Å². The van der Waals surface area contributed by atoms with E-state index in [1.54, 1.807) is 4.90 Å². The Balaban J connectivity index is 2.05. The van der Waals surface area contributed by atoms with Crippen LogP contribution in [0.25, 0.3) is 5.57 Å². The molecule has 0 bridgehead atoms. The van der Waals surface area contributed by atoms with E-state index in [2.05, 4.69) is 4.98 Å². The molecule has 0 saturated carbocycles. The van der Waals surface area contributed by atoms with Gasteiger partial charge in [-0.1, -0.05) is 6.08 Å². The standard InChI is InChI=1S/C16H23N3O2/c1-11-14(17)9-13(10-18-11)12-5-7-19(8-6-12)15(20)21-16(2,3)4/h5,9-10H,6-8,17H2,1-4H3. The summed E-state index contributed by atoms with van der Waals surface area (Å²) in [6.07, 6.45) is 4.39. The highest BCUT2D eigenvalue weighted by molar-refractivity contribution is 5.73. The average Bonchev–Trinajstić information content (AvgIpc) is 2.40. The van der Waals surface area contributed by atoms with Gasteiger partial charge in [0.1, 0.15) is 5.60 Å². The number of ether oxygens (including phenoxy) is 1. The Morgan fingerprint density at radius 2 is 2.14 bits per heavy atom. The fraction of sp³-hybridized carbons (Fsp3) is 0.500. The summed E-state index contributed by atoms with van der Waals surface area (Å²) in [6.45, 7) is 8.70. The van der Waals surface area contributed by atoms with Gasteiger partial charge in [-0.25, -0.2) is 4.79 Å². The van der Waals surface area contributed by atoms with Crippen molar-refractivity contribution < 1.29 is 9.53 Å². The number of aryl methyl sites for hydroxylation is 1. The molecule has 21 heavy (non-hydrogen) atoms. The number of nitrogen functional groups attached to an aromatic ring is 1. The highest BCUT2D eigenvalue weighted by atomic mass is 16.6. The molecule has 1 aromatic heterocycles. The second-order valence-corrected chi connectivity index (χ2v) is 6.30. The van der Waals surface area contributed by atoms with Crippen molar-refractivity contribution in [2.75, 3.05) is 18.8 Å². The van der Waals surface area contributed by atoms with Crippen molar-refractivity contribution >= 4 is 17.4 Å². The van der Waals surface area contributed by atoms with Crippen molar-refractivity contribution in [3.63, 3.8) is 0 Å². The molecular weight excluding hydrogens is 266 g/mol. The lowest BCUT2D eigenvalue weighted by Gasteiger charge is -2.29. The fourth-order valence-electron chi connectivity index (χ4n) is 2.15. The third-order valence-corrected chi connectivity index (χ3v) is 3.36. The molecule has 0 fully saturated rings. The Kier molecular flexibility index (Phi) is 4.21. The summed E-state index contributed by atoms with van der Waals surface area (Å²) in [5.41, 5.74) is 9.18. The van der Waals surface area contributed by atoms with Crippen LogP contribution in [0.3, 0.4) is 0 Å². The predicted octanol–water partition coefficient (Wildman–Crippen LogP) is 3.00. The van der Waals surface area contributed by atoms with Gasteiger partial charge in [0, 0.05) is 19.3 Å². The Morgan fingerprint density at radius 1 is 1.43 bits per heavy atom. The zero-order chi connectivity index (χ0) is 15.6. The first-order valence-corrected chi connectivity index (χ1v) is 7.16. The number of carbonyl (C=O) groups excluding carboxylic acids is 1. The smallest absolute Gasteiger partial charge is 0.410 e. The van der Waals surface area contributed by atoms with Gasteiger partial charge >= 0.3 is 6.09 Å². The van der Waals surface area contributed by atoms with E-state index >= 15 is 0 Å². The lowest BCUT2D eigenvalue weighted by Crippen LogP contribution is -2.39. The van der Waals surface area contributed by atoms with Crippen LogP contribution >= 0.6 is 0 Å². The molecule has 0 aromatic carbocycles. The van der Waals surface area contributed by atoms with E-state index in [0.717, 1.165) is 17.7 Å². The van der Waals surface area contributed by atoms with Gasteiger partial charge in [0.25, 0.3) is 0 Å². The molecule has 0 aliphatic carbocycles. The largest absolute Gasteiger partial charge is 0.444 e. The first kappa shape index (κ1) is 15.4. The van der Waals surface area contributed by atoms with Gasteiger partial charge in [-0.2, -0.15) is 0 Å². The molecule has 5 nitrogen and oxygen atoms in total. The van der Waals surface area contributed by atoms with E-state index in [1.807, 2.05) is 46.0 Å². The summed E-state index contributed by atoms with van der Waals surface area (Å²) >= 11 is 0. The Morgan fingerprint density at radius 3 is 2.67 bits per heavy atom. The van der Waals surface area contributed by atoms with Crippen molar-refractivity contribution in [2.45, 2.75) is 39.7 Å². The first-order valence-electron chi connectivity index (χ1n) is 7.16. The number of pyridine rings is 1. The van der Waals surface area contributed by atoms with E-state index in [1.165, 1.54) is 5.57 Å². The third-order valence-electron chi connectivity index (χ3n) is 3.36. The number of nitrogens with two attached hydrogens (primary N) is 1. The van der Waals surface area contributed by atoms with Crippen LogP contribution in [0.5, 0.6) is 0 Å². The van der Waals surface area contributed by atoms with Crippen LogP contribution < -0.4 is 5.73 Å². The van der Waals surface area contributed by atoms with Crippen LogP contribution in [0, 0.1) is 6.92 Å². The minimum Gasteiger partial charge on any atom is -0.444 e. The number of aromatic nitrogens is 1. The summed E-state index contributed by atoms with van der Waals surface area (Å²) < 4.78 is 5.38. The first-order chi connectivity index (χ1) is 9.76. The van der Waals surface area contributed by atoms with E-state index in [4.69, 9.17) is 10.5 Å². The third kappa shape index (κ3) is 3.97. The average molecular weight is 289 g/mol. The number of anilines is 1. The summed E-state index contributed by atoms with van der Waals surface area (Å²) in [4.78, 5) is 18.0. The topological polar surface area (TPSA) is 68.5 Å². The van der Waals surface area contributed by atoms with Crippen LogP contribution in [0.2, 0.25) is 0 Å². The molecule has 1 amide bonds. The molecular formula is C16H23N3O2. The van der Waals surface area contributed by atoms with Crippen molar-refractivity contribution in [1.29, 1.82) is 0 Å². The van der Waals surface area contributed by atoms with Gasteiger partial charge in [-0.05, 0) is 51.3 Å². The second-order valence-electron chi connectivity index (χ2n) is 6.30.